The van der Waals surface area contributed by atoms with Crippen molar-refractivity contribution in [1.29, 1.82) is 0 Å². The fourth-order valence-corrected chi connectivity index (χ4v) is 3.25. The number of nitrogens with zero attached hydrogens (tertiary/aromatic N) is 4. The maximum absolute atomic E-state index is 12.5. The average molecular weight is 383 g/mol. The molecule has 0 saturated carbocycles. The highest BCUT2D eigenvalue weighted by molar-refractivity contribution is 5.74. The molecule has 1 aliphatic rings. The Balaban J connectivity index is 1.41. The number of piperidine rings is 1. The molecule has 3 rings (SSSR count). The van der Waals surface area contributed by atoms with Crippen LogP contribution in [0.15, 0.2) is 42.5 Å². The number of rotatable bonds is 7. The third-order valence-electron chi connectivity index (χ3n) is 4.80. The van der Waals surface area contributed by atoms with E-state index < -0.39 is 0 Å². The second-order valence-electron chi connectivity index (χ2n) is 7.27. The fraction of sp³-hybridized carbons (Fsp3) is 0.476. The van der Waals surface area contributed by atoms with Crippen LogP contribution in [0.3, 0.4) is 0 Å². The predicted molar refractivity (Wildman–Crippen MR) is 110 cm³/mol. The Hall–Kier alpha value is -2.83. The smallest absolute Gasteiger partial charge is 0.317 e. The van der Waals surface area contributed by atoms with Gasteiger partial charge in [0.05, 0.1) is 6.54 Å². The van der Waals surface area contributed by atoms with Crippen LogP contribution in [-0.4, -0.2) is 61.0 Å². The van der Waals surface area contributed by atoms with Gasteiger partial charge in [-0.2, -0.15) is 0 Å². The highest BCUT2D eigenvalue weighted by atomic mass is 16.5. The largest absolute Gasteiger partial charge is 0.471 e. The molecular formula is C21H29N5O2. The van der Waals surface area contributed by atoms with Crippen molar-refractivity contribution < 1.29 is 9.53 Å². The number of carbonyl (C=O) groups excluding carboxylic acids is 1. The Kier molecular flexibility index (Phi) is 7.06. The highest BCUT2D eigenvalue weighted by Gasteiger charge is 2.25. The molecule has 1 fully saturated rings. The van der Waals surface area contributed by atoms with Crippen molar-refractivity contribution in [2.75, 3.05) is 38.6 Å². The number of benzene rings is 1. The Labute approximate surface area is 166 Å². The van der Waals surface area contributed by atoms with Gasteiger partial charge in [0.1, 0.15) is 6.10 Å². The number of urea groups is 1. The summed E-state index contributed by atoms with van der Waals surface area (Å²) in [5, 5.41) is 11.3. The summed E-state index contributed by atoms with van der Waals surface area (Å²) in [6.07, 6.45) is 3.68. The van der Waals surface area contributed by atoms with E-state index in [0.29, 0.717) is 19.0 Å². The summed E-state index contributed by atoms with van der Waals surface area (Å²) in [6, 6.07) is 14.0. The van der Waals surface area contributed by atoms with Crippen LogP contribution in [0.2, 0.25) is 0 Å². The van der Waals surface area contributed by atoms with E-state index in [1.54, 1.807) is 0 Å². The van der Waals surface area contributed by atoms with Crippen LogP contribution in [0.5, 0.6) is 5.88 Å². The zero-order chi connectivity index (χ0) is 19.8. The van der Waals surface area contributed by atoms with Gasteiger partial charge in [0.2, 0.25) is 5.88 Å². The summed E-state index contributed by atoms with van der Waals surface area (Å²) >= 11 is 0. The lowest BCUT2D eigenvalue weighted by Gasteiger charge is -2.32. The van der Waals surface area contributed by atoms with Gasteiger partial charge in [-0.3, -0.25) is 0 Å². The molecule has 7 nitrogen and oxygen atoms in total. The SMILES string of the molecule is CN(C)c1ccc(OC2CCCN(C(=O)NCCCc3ccccc3)C2)nn1. The Morgan fingerprint density at radius 1 is 1.21 bits per heavy atom. The van der Waals surface area contributed by atoms with E-state index in [0.717, 1.165) is 38.0 Å². The van der Waals surface area contributed by atoms with E-state index in [4.69, 9.17) is 4.74 Å². The lowest BCUT2D eigenvalue weighted by molar-refractivity contribution is 0.0971. The molecule has 1 saturated heterocycles. The van der Waals surface area contributed by atoms with E-state index in [-0.39, 0.29) is 12.1 Å². The van der Waals surface area contributed by atoms with E-state index >= 15 is 0 Å². The number of nitrogens with one attached hydrogen (secondary N) is 1. The molecule has 2 aromatic rings. The standard InChI is InChI=1S/C21H29N5O2/c1-25(2)19-12-13-20(24-23-19)28-18-11-7-15-26(16-18)21(27)22-14-6-10-17-8-4-3-5-9-17/h3-5,8-9,12-13,18H,6-7,10-11,14-16H2,1-2H3,(H,22,27). The van der Waals surface area contributed by atoms with Crippen LogP contribution < -0.4 is 15.0 Å². The first-order chi connectivity index (χ1) is 13.6. The summed E-state index contributed by atoms with van der Waals surface area (Å²) in [7, 11) is 3.84. The number of aromatic nitrogens is 2. The summed E-state index contributed by atoms with van der Waals surface area (Å²) in [5.74, 6) is 1.29. The number of likely N-dealkylation sites (tertiary alicyclic amines) is 1. The second-order valence-corrected chi connectivity index (χ2v) is 7.27. The third-order valence-corrected chi connectivity index (χ3v) is 4.80. The number of anilines is 1. The van der Waals surface area contributed by atoms with Gasteiger partial charge in [-0.15, -0.1) is 10.2 Å². The molecule has 1 atom stereocenters. The van der Waals surface area contributed by atoms with Crippen molar-refractivity contribution in [2.45, 2.75) is 31.8 Å². The highest BCUT2D eigenvalue weighted by Crippen LogP contribution is 2.17. The molecule has 0 aliphatic carbocycles. The molecule has 1 N–H and O–H groups in total. The molecule has 0 spiro atoms. The van der Waals surface area contributed by atoms with Crippen molar-refractivity contribution in [3.8, 4) is 5.88 Å². The first-order valence-corrected chi connectivity index (χ1v) is 9.86. The monoisotopic (exact) mass is 383 g/mol. The molecule has 1 aliphatic heterocycles. The zero-order valence-electron chi connectivity index (χ0n) is 16.7. The van der Waals surface area contributed by atoms with Crippen LogP contribution in [0.1, 0.15) is 24.8 Å². The van der Waals surface area contributed by atoms with E-state index in [9.17, 15) is 4.79 Å². The number of ether oxygens (including phenoxy) is 1. The first kappa shape index (κ1) is 19.9. The maximum atomic E-state index is 12.5. The summed E-state index contributed by atoms with van der Waals surface area (Å²) in [5.41, 5.74) is 1.30. The van der Waals surface area contributed by atoms with E-state index in [2.05, 4.69) is 27.6 Å². The van der Waals surface area contributed by atoms with Gasteiger partial charge in [0, 0.05) is 33.3 Å². The Morgan fingerprint density at radius 2 is 2.04 bits per heavy atom. The van der Waals surface area contributed by atoms with Crippen LogP contribution in [0.4, 0.5) is 10.6 Å². The van der Waals surface area contributed by atoms with Gasteiger partial charge in [-0.25, -0.2) is 4.79 Å². The molecule has 0 bridgehead atoms. The third kappa shape index (κ3) is 5.84. The maximum Gasteiger partial charge on any atom is 0.317 e. The van der Waals surface area contributed by atoms with Crippen LogP contribution in [-0.2, 0) is 6.42 Å². The number of amides is 2. The zero-order valence-corrected chi connectivity index (χ0v) is 16.7. The topological polar surface area (TPSA) is 70.6 Å². The molecule has 2 heterocycles. The van der Waals surface area contributed by atoms with Crippen molar-refractivity contribution in [1.82, 2.24) is 20.4 Å². The van der Waals surface area contributed by atoms with Crippen molar-refractivity contribution >= 4 is 11.8 Å². The van der Waals surface area contributed by atoms with Gasteiger partial charge < -0.3 is 19.9 Å². The number of carbonyl (C=O) groups is 1. The summed E-state index contributed by atoms with van der Waals surface area (Å²) < 4.78 is 5.94. The predicted octanol–water partition coefficient (Wildman–Crippen LogP) is 2.73. The number of aryl methyl sites for hydroxylation is 1. The number of hydrogen-bond acceptors (Lipinski definition) is 5. The molecule has 0 radical (unpaired) electrons. The average Bonchev–Trinajstić information content (AvgIpc) is 2.72. The van der Waals surface area contributed by atoms with Crippen LogP contribution >= 0.6 is 0 Å². The van der Waals surface area contributed by atoms with Crippen LogP contribution in [0.25, 0.3) is 0 Å². The second kappa shape index (κ2) is 9.92. The minimum atomic E-state index is -0.0525. The first-order valence-electron chi connectivity index (χ1n) is 9.86. The van der Waals surface area contributed by atoms with E-state index in [1.807, 2.05) is 54.2 Å². The lowest BCUT2D eigenvalue weighted by atomic mass is 10.1. The molecule has 150 valence electrons. The number of hydrogen-bond donors (Lipinski definition) is 1. The Morgan fingerprint density at radius 3 is 2.75 bits per heavy atom. The van der Waals surface area contributed by atoms with Crippen molar-refractivity contribution in [3.05, 3.63) is 48.0 Å². The fourth-order valence-electron chi connectivity index (χ4n) is 3.25. The van der Waals surface area contributed by atoms with Gasteiger partial charge in [-0.1, -0.05) is 30.3 Å². The molecule has 28 heavy (non-hydrogen) atoms. The van der Waals surface area contributed by atoms with Gasteiger partial charge in [0.25, 0.3) is 0 Å². The van der Waals surface area contributed by atoms with Crippen LogP contribution in [0, 0.1) is 0 Å². The summed E-state index contributed by atoms with van der Waals surface area (Å²) in [6.45, 7) is 2.00. The molecule has 2 amide bonds. The summed E-state index contributed by atoms with van der Waals surface area (Å²) in [4.78, 5) is 16.2. The van der Waals surface area contributed by atoms with Gasteiger partial charge in [-0.05, 0) is 37.3 Å². The Bertz CT molecular complexity index is 736. The van der Waals surface area contributed by atoms with Crippen molar-refractivity contribution in [2.24, 2.45) is 0 Å². The molecule has 1 aromatic carbocycles. The lowest BCUT2D eigenvalue weighted by Crippen LogP contribution is -2.48. The minimum Gasteiger partial charge on any atom is -0.471 e. The molecular weight excluding hydrogens is 354 g/mol. The minimum absolute atomic E-state index is 0.0181. The molecule has 1 unspecified atom stereocenters. The van der Waals surface area contributed by atoms with Gasteiger partial charge in [0.15, 0.2) is 5.82 Å². The molecule has 7 heteroatoms. The molecule has 1 aromatic heterocycles. The van der Waals surface area contributed by atoms with Crippen molar-refractivity contribution in [3.63, 3.8) is 0 Å². The van der Waals surface area contributed by atoms with E-state index in [1.165, 1.54) is 5.56 Å². The normalized spacial score (nSPS) is 16.5. The van der Waals surface area contributed by atoms with Gasteiger partial charge >= 0.3 is 6.03 Å². The quantitative estimate of drug-likeness (QED) is 0.745.